The molecule has 12 heteroatoms. The molecule has 3 heterocycles. The number of hydrogen-bond donors (Lipinski definition) is 3. The first-order valence-electron chi connectivity index (χ1n) is 13.6. The Morgan fingerprint density at radius 1 is 1.21 bits per heavy atom. The largest absolute Gasteiger partial charge is 0.469 e. The average molecular weight is 589 g/mol. The van der Waals surface area contributed by atoms with Gasteiger partial charge in [-0.25, -0.2) is 4.98 Å². The van der Waals surface area contributed by atoms with Crippen molar-refractivity contribution in [3.8, 4) is 16.9 Å². The second kappa shape index (κ2) is 15.3. The van der Waals surface area contributed by atoms with E-state index in [1.54, 1.807) is 31.2 Å². The first-order chi connectivity index (χ1) is 20.5. The van der Waals surface area contributed by atoms with E-state index in [9.17, 15) is 9.59 Å². The van der Waals surface area contributed by atoms with E-state index in [0.717, 1.165) is 36.3 Å². The van der Waals surface area contributed by atoms with Crippen molar-refractivity contribution >= 4 is 35.2 Å². The molecule has 1 aliphatic heterocycles. The topological polar surface area (TPSA) is 140 Å². The van der Waals surface area contributed by atoms with E-state index in [4.69, 9.17) is 11.6 Å². The fourth-order valence-corrected chi connectivity index (χ4v) is 4.40. The number of imidazole rings is 1. The van der Waals surface area contributed by atoms with E-state index in [-0.39, 0.29) is 17.9 Å². The Labute approximate surface area is 249 Å². The monoisotopic (exact) mass is 588 g/mol. The highest BCUT2D eigenvalue weighted by molar-refractivity contribution is 6.30. The number of hydrogen-bond acceptors (Lipinski definition) is 8. The number of aromatic amines is 1. The molecule has 0 aliphatic carbocycles. The number of carbonyl (C=O) groups excluding carboxylic acids is 2. The van der Waals surface area contributed by atoms with Crippen molar-refractivity contribution in [1.29, 1.82) is 0 Å². The zero-order valence-corrected chi connectivity index (χ0v) is 24.2. The number of rotatable bonds is 5. The van der Waals surface area contributed by atoms with Crippen molar-refractivity contribution in [1.82, 2.24) is 35.5 Å². The number of methoxy groups -OCH3 is 1. The number of amides is 1. The van der Waals surface area contributed by atoms with E-state index in [1.807, 2.05) is 18.3 Å². The van der Waals surface area contributed by atoms with Gasteiger partial charge in [0.25, 0.3) is 0 Å². The third-order valence-corrected chi connectivity index (χ3v) is 6.61. The zero-order valence-electron chi connectivity index (χ0n) is 23.5. The third-order valence-electron chi connectivity index (χ3n) is 6.38. The lowest BCUT2D eigenvalue weighted by molar-refractivity contribution is -0.140. The van der Waals surface area contributed by atoms with E-state index >= 15 is 0 Å². The first-order valence-corrected chi connectivity index (χ1v) is 14.0. The summed E-state index contributed by atoms with van der Waals surface area (Å²) >= 11 is 6.19. The summed E-state index contributed by atoms with van der Waals surface area (Å²) in [4.78, 5) is 30.9. The van der Waals surface area contributed by atoms with Crippen LogP contribution in [0.5, 0.6) is 0 Å². The highest BCUT2D eigenvalue weighted by Gasteiger charge is 2.18. The molecule has 1 amide bonds. The van der Waals surface area contributed by atoms with Crippen LogP contribution >= 0.6 is 11.6 Å². The summed E-state index contributed by atoms with van der Waals surface area (Å²) in [5.74, 6) is 0.290. The summed E-state index contributed by atoms with van der Waals surface area (Å²) in [6.07, 6.45) is 13.8. The van der Waals surface area contributed by atoms with Gasteiger partial charge in [-0.1, -0.05) is 48.9 Å². The molecule has 0 fully saturated rings. The quantitative estimate of drug-likeness (QED) is 0.162. The number of para-hydroxylation sites is 1. The molecule has 2 aromatic heterocycles. The number of aromatic nitrogens is 6. The molecule has 0 unspecified atom stereocenters. The van der Waals surface area contributed by atoms with Crippen LogP contribution in [0.25, 0.3) is 23.0 Å². The standard InChI is InChI=1S/C26H25ClN8O.C4H8O2/c27-19-11-12-24(35-17-30-33-34-35)18(15-19)10-13-25(36)31-22-9-3-1-2-6-14-28-21-8-5-4-7-20(21)23-16-29-26(22)32-23;1-3-4(5)6-2/h1,3-5,7-8,10-13,15-17,22,28H,2,6,9,14H2,(H,29,32)(H,31,36);3H2,1-2H3/b3-1-,13-10+;/t22-;/m0./s1. The van der Waals surface area contributed by atoms with Crippen LogP contribution in [0.1, 0.15) is 50.0 Å². The van der Waals surface area contributed by atoms with Crippen LogP contribution < -0.4 is 10.6 Å². The summed E-state index contributed by atoms with van der Waals surface area (Å²) in [6, 6.07) is 13.1. The number of anilines is 1. The smallest absolute Gasteiger partial charge is 0.305 e. The van der Waals surface area contributed by atoms with Gasteiger partial charge < -0.3 is 20.4 Å². The number of benzene rings is 2. The molecule has 218 valence electrons. The first kappa shape index (κ1) is 30.2. The van der Waals surface area contributed by atoms with Crippen LogP contribution in [-0.4, -0.2) is 55.7 Å². The predicted octanol–water partition coefficient (Wildman–Crippen LogP) is 5.30. The molecule has 3 N–H and O–H groups in total. The van der Waals surface area contributed by atoms with E-state index in [2.05, 4.69) is 65.1 Å². The Bertz CT molecular complexity index is 1530. The molecule has 1 atom stereocenters. The van der Waals surface area contributed by atoms with Gasteiger partial charge in [-0.3, -0.25) is 9.59 Å². The van der Waals surface area contributed by atoms with Crippen molar-refractivity contribution in [2.45, 2.75) is 38.6 Å². The summed E-state index contributed by atoms with van der Waals surface area (Å²) in [7, 11) is 1.38. The fraction of sp³-hybridized carbons (Fsp3) is 0.267. The van der Waals surface area contributed by atoms with Gasteiger partial charge in [-0.05, 0) is 60.0 Å². The second-order valence-electron chi connectivity index (χ2n) is 9.29. The fourth-order valence-electron chi connectivity index (χ4n) is 4.22. The summed E-state index contributed by atoms with van der Waals surface area (Å²) in [5.41, 5.74) is 4.42. The number of carbonyl (C=O) groups is 2. The maximum atomic E-state index is 13.0. The number of fused-ring (bicyclic) bond motifs is 4. The van der Waals surface area contributed by atoms with Gasteiger partial charge in [0.05, 0.1) is 30.7 Å². The van der Waals surface area contributed by atoms with Crippen LogP contribution in [0.15, 0.2) is 73.2 Å². The zero-order chi connectivity index (χ0) is 29.7. The Hall–Kier alpha value is -4.77. The number of halogens is 1. The second-order valence-corrected chi connectivity index (χ2v) is 9.72. The van der Waals surface area contributed by atoms with E-state index < -0.39 is 0 Å². The van der Waals surface area contributed by atoms with E-state index in [1.165, 1.54) is 24.2 Å². The molecule has 1 aliphatic rings. The SMILES string of the molecule is CCC(=O)OC.O=C(/C=C/c1cc(Cl)ccc1-n1cnnn1)N[C@H]1C/C=C\CCCNc2ccccc2-c2cnc1[nH]2. The van der Waals surface area contributed by atoms with Gasteiger partial charge in [0.15, 0.2) is 0 Å². The predicted molar refractivity (Wildman–Crippen MR) is 162 cm³/mol. The average Bonchev–Trinajstić information content (AvgIpc) is 3.72. The Balaban J connectivity index is 0.000000612. The number of nitrogens with one attached hydrogen (secondary N) is 3. The number of H-pyrrole nitrogens is 1. The molecular weight excluding hydrogens is 556 g/mol. The summed E-state index contributed by atoms with van der Waals surface area (Å²) < 4.78 is 5.78. The van der Waals surface area contributed by atoms with Gasteiger partial charge in [-0.2, -0.15) is 4.68 Å². The highest BCUT2D eigenvalue weighted by Crippen LogP contribution is 2.28. The van der Waals surface area contributed by atoms with Crippen molar-refractivity contribution < 1.29 is 14.3 Å². The minimum atomic E-state index is -0.314. The lowest BCUT2D eigenvalue weighted by Gasteiger charge is -2.14. The van der Waals surface area contributed by atoms with Crippen molar-refractivity contribution in [2.75, 3.05) is 19.0 Å². The molecule has 4 aromatic rings. The molecule has 2 bridgehead atoms. The van der Waals surface area contributed by atoms with E-state index in [0.29, 0.717) is 34.9 Å². The van der Waals surface area contributed by atoms with Crippen molar-refractivity contribution in [3.05, 3.63) is 89.6 Å². The van der Waals surface area contributed by atoms with Gasteiger partial charge >= 0.3 is 5.97 Å². The number of tetrazole rings is 1. The van der Waals surface area contributed by atoms with Crippen LogP contribution in [0.4, 0.5) is 5.69 Å². The van der Waals surface area contributed by atoms with Crippen LogP contribution in [-0.2, 0) is 14.3 Å². The summed E-state index contributed by atoms with van der Waals surface area (Å²) in [6.45, 7) is 2.63. The van der Waals surface area contributed by atoms with Crippen molar-refractivity contribution in [2.24, 2.45) is 0 Å². The molecule has 0 spiro atoms. The Morgan fingerprint density at radius 3 is 2.83 bits per heavy atom. The van der Waals surface area contributed by atoms with Crippen molar-refractivity contribution in [3.63, 3.8) is 0 Å². The maximum absolute atomic E-state index is 13.0. The molecule has 0 saturated carbocycles. The van der Waals surface area contributed by atoms with Gasteiger partial charge in [-0.15, -0.1) is 5.10 Å². The Kier molecular flexibility index (Phi) is 11.0. The van der Waals surface area contributed by atoms with Crippen LogP contribution in [0, 0.1) is 0 Å². The van der Waals surface area contributed by atoms with Crippen LogP contribution in [0.2, 0.25) is 5.02 Å². The van der Waals surface area contributed by atoms with Crippen LogP contribution in [0.3, 0.4) is 0 Å². The highest BCUT2D eigenvalue weighted by atomic mass is 35.5. The number of allylic oxidation sites excluding steroid dienone is 1. The van der Waals surface area contributed by atoms with Gasteiger partial charge in [0, 0.05) is 40.9 Å². The normalized spacial score (nSPS) is 15.5. The van der Waals surface area contributed by atoms with Gasteiger partial charge in [0.2, 0.25) is 5.91 Å². The molecule has 0 radical (unpaired) electrons. The molecule has 5 rings (SSSR count). The third kappa shape index (κ3) is 8.37. The number of nitrogens with zero attached hydrogens (tertiary/aromatic N) is 5. The number of ether oxygens (including phenoxy) is 1. The number of esters is 1. The molecule has 11 nitrogen and oxygen atoms in total. The minimum Gasteiger partial charge on any atom is -0.469 e. The molecule has 0 saturated heterocycles. The lowest BCUT2D eigenvalue weighted by Crippen LogP contribution is -2.27. The Morgan fingerprint density at radius 2 is 2.07 bits per heavy atom. The van der Waals surface area contributed by atoms with Gasteiger partial charge in [0.1, 0.15) is 12.2 Å². The minimum absolute atomic E-state index is 0.157. The molecule has 42 heavy (non-hydrogen) atoms. The summed E-state index contributed by atoms with van der Waals surface area (Å²) in [5, 5.41) is 18.4. The molecular formula is C30H33ClN8O3. The maximum Gasteiger partial charge on any atom is 0.305 e. The lowest BCUT2D eigenvalue weighted by atomic mass is 10.1. The molecule has 2 aromatic carbocycles.